The van der Waals surface area contributed by atoms with Gasteiger partial charge in [-0.15, -0.1) is 0 Å². The Morgan fingerprint density at radius 2 is 0.851 bits per heavy atom. The molecule has 0 bridgehead atoms. The van der Waals surface area contributed by atoms with E-state index in [4.69, 9.17) is 28.4 Å². The number of nitrogens with zero attached hydrogens (tertiary/aromatic N) is 2. The number of rotatable bonds is 12. The maximum atomic E-state index is 13.4. The number of anilines is 2. The monoisotopic (exact) mass is 634 g/mol. The minimum absolute atomic E-state index is 0.0115. The highest BCUT2D eigenvalue weighted by molar-refractivity contribution is 6.05. The highest BCUT2D eigenvalue weighted by Crippen LogP contribution is 2.47. The first-order chi connectivity index (χ1) is 23.0. The van der Waals surface area contributed by atoms with E-state index in [1.807, 2.05) is 97.1 Å². The lowest BCUT2D eigenvalue weighted by Gasteiger charge is -2.42. The highest BCUT2D eigenvalue weighted by Gasteiger charge is 2.56. The molecule has 0 saturated carbocycles. The van der Waals surface area contributed by atoms with Gasteiger partial charge in [0, 0.05) is 24.2 Å². The van der Waals surface area contributed by atoms with Crippen molar-refractivity contribution in [3.8, 4) is 34.5 Å². The lowest BCUT2D eigenvalue weighted by molar-refractivity contribution is -0.117. The van der Waals surface area contributed by atoms with Crippen LogP contribution < -0.4 is 28.7 Å². The molecular formula is C37H34N2O8. The highest BCUT2D eigenvalue weighted by atomic mass is 16.6. The van der Waals surface area contributed by atoms with E-state index in [0.717, 1.165) is 36.1 Å². The summed E-state index contributed by atoms with van der Waals surface area (Å²) in [6.07, 6.45) is 2.22. The smallest absolute Gasteiger partial charge is 0.229 e. The van der Waals surface area contributed by atoms with Gasteiger partial charge in [-0.05, 0) is 110 Å². The van der Waals surface area contributed by atoms with Crippen LogP contribution in [0.2, 0.25) is 0 Å². The largest absolute Gasteiger partial charge is 0.491 e. The predicted octanol–water partition coefficient (Wildman–Crippen LogP) is 6.48. The molecule has 8 rings (SSSR count). The van der Waals surface area contributed by atoms with E-state index in [9.17, 15) is 9.59 Å². The van der Waals surface area contributed by atoms with Crippen LogP contribution in [0.15, 0.2) is 97.1 Å². The minimum atomic E-state index is -0.776. The quantitative estimate of drug-likeness (QED) is 0.163. The fourth-order valence-corrected chi connectivity index (χ4v) is 6.26. The van der Waals surface area contributed by atoms with Crippen molar-refractivity contribution in [2.24, 2.45) is 0 Å². The summed E-state index contributed by atoms with van der Waals surface area (Å²) in [6, 6.07) is 29.7. The molecule has 4 aromatic rings. The summed E-state index contributed by atoms with van der Waals surface area (Å²) < 4.78 is 33.9. The summed E-state index contributed by atoms with van der Waals surface area (Å²) in [5.74, 6) is 4.12. The Bertz CT molecular complexity index is 1600. The van der Waals surface area contributed by atoms with Gasteiger partial charge in [-0.25, -0.2) is 0 Å². The normalized spacial score (nSPS) is 22.9. The van der Waals surface area contributed by atoms with E-state index in [1.54, 1.807) is 9.80 Å². The van der Waals surface area contributed by atoms with Crippen LogP contribution in [0.1, 0.15) is 25.7 Å². The summed E-state index contributed by atoms with van der Waals surface area (Å²) in [7, 11) is 0. The summed E-state index contributed by atoms with van der Waals surface area (Å²) in [5.41, 5.74) is 0.673. The molecule has 0 N–H and O–H groups in total. The van der Waals surface area contributed by atoms with E-state index in [-0.39, 0.29) is 24.0 Å². The molecule has 4 aliphatic heterocycles. The maximum absolute atomic E-state index is 13.4. The van der Waals surface area contributed by atoms with E-state index in [0.29, 0.717) is 61.9 Å². The van der Waals surface area contributed by atoms with Crippen LogP contribution in [0.25, 0.3) is 0 Å². The topological polar surface area (TPSA) is 103 Å². The van der Waals surface area contributed by atoms with Crippen LogP contribution in [0.4, 0.5) is 11.4 Å². The number of hydrogen-bond donors (Lipinski definition) is 0. The number of benzene rings is 4. The third-order valence-corrected chi connectivity index (χ3v) is 8.79. The molecule has 4 saturated heterocycles. The Morgan fingerprint density at radius 1 is 0.532 bits per heavy atom. The lowest BCUT2D eigenvalue weighted by atomic mass is 10.0. The average Bonchev–Trinajstić information content (AvgIpc) is 4.04. The zero-order chi connectivity index (χ0) is 31.8. The van der Waals surface area contributed by atoms with Crippen LogP contribution in [0.5, 0.6) is 34.5 Å². The van der Waals surface area contributed by atoms with Crippen molar-refractivity contribution in [1.82, 2.24) is 0 Å². The van der Waals surface area contributed by atoms with E-state index < -0.39 is 5.66 Å². The second-order valence-electron chi connectivity index (χ2n) is 12.1. The number of carbonyl (C=O) groups is 2. The van der Waals surface area contributed by atoms with Crippen molar-refractivity contribution >= 4 is 23.2 Å². The average molecular weight is 635 g/mol. The Hall–Kier alpha value is -5.06. The van der Waals surface area contributed by atoms with Crippen LogP contribution in [-0.2, 0) is 19.1 Å². The Balaban J connectivity index is 0.950. The second-order valence-corrected chi connectivity index (χ2v) is 12.1. The van der Waals surface area contributed by atoms with Gasteiger partial charge in [0.05, 0.1) is 13.2 Å². The number of hydrogen-bond acceptors (Lipinski definition) is 8. The van der Waals surface area contributed by atoms with E-state index >= 15 is 0 Å². The number of epoxide rings is 2. The third kappa shape index (κ3) is 6.34. The van der Waals surface area contributed by atoms with Gasteiger partial charge in [-0.2, -0.15) is 0 Å². The molecule has 0 aromatic heterocycles. The molecule has 10 heteroatoms. The van der Waals surface area contributed by atoms with Crippen LogP contribution in [0, 0.1) is 0 Å². The van der Waals surface area contributed by atoms with Gasteiger partial charge < -0.3 is 28.4 Å². The first kappa shape index (κ1) is 29.3. The molecular weight excluding hydrogens is 600 g/mol. The van der Waals surface area contributed by atoms with Crippen LogP contribution in [0.3, 0.4) is 0 Å². The maximum Gasteiger partial charge on any atom is 0.229 e. The van der Waals surface area contributed by atoms with E-state index in [2.05, 4.69) is 0 Å². The zero-order valence-corrected chi connectivity index (χ0v) is 25.7. The molecule has 4 fully saturated rings. The molecule has 0 aliphatic carbocycles. The molecule has 2 unspecified atom stereocenters. The molecule has 240 valence electrons. The van der Waals surface area contributed by atoms with Gasteiger partial charge in [-0.3, -0.25) is 19.4 Å². The van der Waals surface area contributed by atoms with Gasteiger partial charge in [0.15, 0.2) is 0 Å². The first-order valence-corrected chi connectivity index (χ1v) is 15.9. The molecule has 1 spiro atoms. The fraction of sp³-hybridized carbons (Fsp3) is 0.297. The van der Waals surface area contributed by atoms with Gasteiger partial charge in [-0.1, -0.05) is 0 Å². The van der Waals surface area contributed by atoms with Gasteiger partial charge in [0.25, 0.3) is 0 Å². The SMILES string of the molecule is O=C1CCC2(CCC(=O)N2c2ccc(Oc3ccc(OCC4CO4)cc3)cc2)N1c1ccc(Oc2ccc(OCC3CO3)cc2)cc1. The van der Waals surface area contributed by atoms with Crippen molar-refractivity contribution < 1.29 is 38.0 Å². The standard InChI is InChI=1S/C37H34N2O8/c40-35-17-19-37(38(35)25-1-5-29(6-2-25)46-31-13-9-27(10-14-31)42-21-33-23-44-33)20-18-36(41)39(37)26-3-7-30(8-4-26)47-32-15-11-28(12-16-32)43-22-34-24-45-34/h1-16,33-34H,17-24H2. The predicted molar refractivity (Wildman–Crippen MR) is 173 cm³/mol. The summed E-state index contributed by atoms with van der Waals surface area (Å²) >= 11 is 0. The minimum Gasteiger partial charge on any atom is -0.491 e. The molecule has 4 aliphatic rings. The van der Waals surface area contributed by atoms with Crippen molar-refractivity contribution in [1.29, 1.82) is 0 Å². The molecule has 4 heterocycles. The van der Waals surface area contributed by atoms with Crippen molar-refractivity contribution in [3.63, 3.8) is 0 Å². The Morgan fingerprint density at radius 3 is 1.19 bits per heavy atom. The molecule has 4 aromatic carbocycles. The Kier molecular flexibility index (Phi) is 7.67. The zero-order valence-electron chi connectivity index (χ0n) is 25.7. The first-order valence-electron chi connectivity index (χ1n) is 15.9. The molecule has 47 heavy (non-hydrogen) atoms. The van der Waals surface area contributed by atoms with Gasteiger partial charge in [0.2, 0.25) is 11.8 Å². The molecule has 10 nitrogen and oxygen atoms in total. The Labute approximate surface area is 272 Å². The molecule has 0 radical (unpaired) electrons. The van der Waals surface area contributed by atoms with Crippen molar-refractivity contribution in [3.05, 3.63) is 97.1 Å². The number of ether oxygens (including phenoxy) is 6. The van der Waals surface area contributed by atoms with Crippen molar-refractivity contribution in [2.75, 3.05) is 36.2 Å². The summed E-state index contributed by atoms with van der Waals surface area (Å²) in [6.45, 7) is 2.60. The number of amides is 2. The third-order valence-electron chi connectivity index (χ3n) is 8.79. The fourth-order valence-electron chi connectivity index (χ4n) is 6.26. The molecule has 2 atom stereocenters. The second kappa shape index (κ2) is 12.3. The van der Waals surface area contributed by atoms with Gasteiger partial charge in [0.1, 0.15) is 65.6 Å². The summed E-state index contributed by atoms with van der Waals surface area (Å²) in [5, 5.41) is 0. The van der Waals surface area contributed by atoms with Crippen LogP contribution in [-0.4, -0.2) is 56.1 Å². The van der Waals surface area contributed by atoms with Crippen molar-refractivity contribution in [2.45, 2.75) is 43.6 Å². The lowest BCUT2D eigenvalue weighted by Crippen LogP contribution is -2.56. The molecule has 2 amide bonds. The van der Waals surface area contributed by atoms with Gasteiger partial charge >= 0.3 is 0 Å². The van der Waals surface area contributed by atoms with Crippen LogP contribution >= 0.6 is 0 Å². The van der Waals surface area contributed by atoms with E-state index in [1.165, 1.54) is 0 Å². The number of carbonyl (C=O) groups excluding carboxylic acids is 2. The summed E-state index contributed by atoms with van der Waals surface area (Å²) in [4.78, 5) is 30.4.